The van der Waals surface area contributed by atoms with Crippen LogP contribution in [0.4, 0.5) is 5.69 Å². The van der Waals surface area contributed by atoms with Crippen LogP contribution in [-0.4, -0.2) is 32.6 Å². The fourth-order valence-electron chi connectivity index (χ4n) is 3.81. The number of phenols is 1. The molecule has 0 bridgehead atoms. The largest absolute Gasteiger partial charge is 0.504 e. The number of benzene rings is 2. The Morgan fingerprint density at radius 1 is 1.12 bits per heavy atom. The molecule has 1 N–H and O–H groups in total. The van der Waals surface area contributed by atoms with Gasteiger partial charge in [0.25, 0.3) is 0 Å². The lowest BCUT2D eigenvalue weighted by molar-refractivity contribution is 0.174. The average Bonchev–Trinajstić information content (AvgIpc) is 3.06. The zero-order chi connectivity index (χ0) is 17.6. The molecule has 2 heterocycles. The Bertz CT molecular complexity index is 818. The first kappa shape index (κ1) is 15.9. The van der Waals surface area contributed by atoms with E-state index in [-0.39, 0.29) is 18.5 Å². The lowest BCUT2D eigenvalue weighted by Gasteiger charge is -2.22. The number of fused-ring (bicyclic) bond motifs is 3. The molecular weight excluding hydrogens is 318 g/mol. The van der Waals surface area contributed by atoms with Crippen LogP contribution in [0.25, 0.3) is 0 Å². The first-order valence-corrected chi connectivity index (χ1v) is 8.60. The van der Waals surface area contributed by atoms with E-state index in [0.29, 0.717) is 5.75 Å². The summed E-state index contributed by atoms with van der Waals surface area (Å²) in [6.45, 7) is 3.36. The molecule has 2 aromatic rings. The van der Waals surface area contributed by atoms with Gasteiger partial charge in [0.15, 0.2) is 23.0 Å². The molecule has 132 valence electrons. The molecule has 25 heavy (non-hydrogen) atoms. The molecule has 5 heteroatoms. The molecule has 4 rings (SSSR count). The number of likely N-dealkylation sites (N-methyl/N-ethyl adjacent to an activating group) is 1. The van der Waals surface area contributed by atoms with E-state index in [1.54, 1.807) is 7.11 Å². The van der Waals surface area contributed by atoms with Gasteiger partial charge in [0.05, 0.1) is 7.11 Å². The molecule has 2 aliphatic rings. The monoisotopic (exact) mass is 341 g/mol. The summed E-state index contributed by atoms with van der Waals surface area (Å²) in [7, 11) is 3.69. The maximum Gasteiger partial charge on any atom is 0.231 e. The van der Waals surface area contributed by atoms with Crippen molar-refractivity contribution in [2.24, 2.45) is 0 Å². The van der Waals surface area contributed by atoms with Gasteiger partial charge >= 0.3 is 0 Å². The van der Waals surface area contributed by atoms with Crippen molar-refractivity contribution in [3.63, 3.8) is 0 Å². The molecule has 1 unspecified atom stereocenters. The zero-order valence-corrected chi connectivity index (χ0v) is 14.8. The molecule has 0 spiro atoms. The summed E-state index contributed by atoms with van der Waals surface area (Å²) >= 11 is 0. The summed E-state index contributed by atoms with van der Waals surface area (Å²) in [5.41, 5.74) is 4.82. The van der Waals surface area contributed by atoms with E-state index in [2.05, 4.69) is 31.0 Å². The smallest absolute Gasteiger partial charge is 0.231 e. The molecule has 5 nitrogen and oxygen atoms in total. The standard InChI is InChI=1S/C20H23NO4/c1-12-6-14-8-19-20(25-11-24-19)10-16(14)21(2)5-4-13-7-18(23-3)17(22)9-15(12)13/h7-10,12,22H,4-6,11H2,1-3H3. The van der Waals surface area contributed by atoms with E-state index in [1.807, 2.05) is 12.1 Å². The summed E-state index contributed by atoms with van der Waals surface area (Å²) in [6.07, 6.45) is 1.76. The number of nitrogens with zero attached hydrogens (tertiary/aromatic N) is 1. The van der Waals surface area contributed by atoms with E-state index < -0.39 is 0 Å². The molecule has 0 radical (unpaired) electrons. The van der Waals surface area contributed by atoms with Crippen LogP contribution >= 0.6 is 0 Å². The fourth-order valence-corrected chi connectivity index (χ4v) is 3.81. The Balaban J connectivity index is 1.79. The molecule has 0 aliphatic carbocycles. The Hall–Kier alpha value is -2.56. The lowest BCUT2D eigenvalue weighted by Crippen LogP contribution is -2.21. The molecule has 2 aromatic carbocycles. The highest BCUT2D eigenvalue weighted by atomic mass is 16.7. The summed E-state index contributed by atoms with van der Waals surface area (Å²) in [4.78, 5) is 2.26. The minimum Gasteiger partial charge on any atom is -0.504 e. The topological polar surface area (TPSA) is 51.2 Å². The SMILES string of the molecule is COc1cc2c(cc1O)C(C)Cc1cc3c(cc1N(C)CC2)OCO3. The quantitative estimate of drug-likeness (QED) is 0.861. The first-order chi connectivity index (χ1) is 12.1. The van der Waals surface area contributed by atoms with Crippen LogP contribution in [0.2, 0.25) is 0 Å². The van der Waals surface area contributed by atoms with Crippen LogP contribution in [0.3, 0.4) is 0 Å². The van der Waals surface area contributed by atoms with Crippen LogP contribution in [-0.2, 0) is 12.8 Å². The second kappa shape index (κ2) is 6.06. The van der Waals surface area contributed by atoms with Crippen LogP contribution < -0.4 is 19.1 Å². The van der Waals surface area contributed by atoms with Crippen LogP contribution in [0.15, 0.2) is 24.3 Å². The number of anilines is 1. The third kappa shape index (κ3) is 2.73. The van der Waals surface area contributed by atoms with E-state index in [9.17, 15) is 5.11 Å². The minimum atomic E-state index is 0.201. The highest BCUT2D eigenvalue weighted by Gasteiger charge is 2.24. The predicted molar refractivity (Wildman–Crippen MR) is 96.3 cm³/mol. The third-order valence-electron chi connectivity index (χ3n) is 5.20. The van der Waals surface area contributed by atoms with Gasteiger partial charge < -0.3 is 24.2 Å². The normalized spacial score (nSPS) is 18.7. The second-order valence-electron chi connectivity index (χ2n) is 6.83. The molecule has 0 saturated heterocycles. The Morgan fingerprint density at radius 2 is 1.88 bits per heavy atom. The molecule has 2 aliphatic heterocycles. The van der Waals surface area contributed by atoms with Crippen molar-refractivity contribution < 1.29 is 19.3 Å². The van der Waals surface area contributed by atoms with Gasteiger partial charge in [0.1, 0.15) is 0 Å². The number of methoxy groups -OCH3 is 1. The maximum atomic E-state index is 10.2. The van der Waals surface area contributed by atoms with E-state index >= 15 is 0 Å². The Kier molecular flexibility index (Phi) is 3.86. The zero-order valence-electron chi connectivity index (χ0n) is 14.8. The lowest BCUT2D eigenvalue weighted by atomic mass is 9.89. The van der Waals surface area contributed by atoms with Gasteiger partial charge in [-0.05, 0) is 53.6 Å². The first-order valence-electron chi connectivity index (χ1n) is 8.60. The maximum absolute atomic E-state index is 10.2. The van der Waals surface area contributed by atoms with Gasteiger partial charge in [0, 0.05) is 25.3 Å². The molecular formula is C20H23NO4. The molecule has 0 aromatic heterocycles. The number of rotatable bonds is 1. The van der Waals surface area contributed by atoms with Crippen LogP contribution in [0, 0.1) is 0 Å². The number of aromatic hydroxyl groups is 1. The van der Waals surface area contributed by atoms with E-state index in [0.717, 1.165) is 30.9 Å². The summed E-state index contributed by atoms with van der Waals surface area (Å²) < 4.78 is 16.4. The molecule has 0 amide bonds. The van der Waals surface area contributed by atoms with E-state index in [4.69, 9.17) is 14.2 Å². The van der Waals surface area contributed by atoms with Crippen molar-refractivity contribution in [3.05, 3.63) is 41.0 Å². The highest BCUT2D eigenvalue weighted by molar-refractivity contribution is 5.63. The fraction of sp³-hybridized carbons (Fsp3) is 0.400. The second-order valence-corrected chi connectivity index (χ2v) is 6.83. The number of hydrogen-bond acceptors (Lipinski definition) is 5. The van der Waals surface area contributed by atoms with Crippen molar-refractivity contribution in [1.29, 1.82) is 0 Å². The van der Waals surface area contributed by atoms with Gasteiger partial charge in [0.2, 0.25) is 6.79 Å². The van der Waals surface area contributed by atoms with Gasteiger partial charge in [-0.15, -0.1) is 0 Å². The number of hydrogen-bond donors (Lipinski definition) is 1. The summed E-state index contributed by atoms with van der Waals surface area (Å²) in [5, 5.41) is 10.2. The van der Waals surface area contributed by atoms with Crippen molar-refractivity contribution >= 4 is 5.69 Å². The molecule has 1 atom stereocenters. The summed E-state index contributed by atoms with van der Waals surface area (Å²) in [6, 6.07) is 8.01. The van der Waals surface area contributed by atoms with Gasteiger partial charge in [-0.1, -0.05) is 6.92 Å². The number of ether oxygens (including phenoxy) is 3. The average molecular weight is 341 g/mol. The van der Waals surface area contributed by atoms with Gasteiger partial charge in [-0.2, -0.15) is 0 Å². The van der Waals surface area contributed by atoms with E-state index in [1.165, 1.54) is 22.4 Å². The van der Waals surface area contributed by atoms with Crippen molar-refractivity contribution in [1.82, 2.24) is 0 Å². The predicted octanol–water partition coefficient (Wildman–Crippen LogP) is 3.47. The van der Waals surface area contributed by atoms with Gasteiger partial charge in [-0.25, -0.2) is 0 Å². The Morgan fingerprint density at radius 3 is 2.64 bits per heavy atom. The van der Waals surface area contributed by atoms with Crippen molar-refractivity contribution in [2.45, 2.75) is 25.7 Å². The molecule has 0 fully saturated rings. The van der Waals surface area contributed by atoms with Crippen LogP contribution in [0.1, 0.15) is 29.5 Å². The number of phenolic OH excluding ortho intramolecular Hbond substituents is 1. The highest BCUT2D eigenvalue weighted by Crippen LogP contribution is 2.42. The van der Waals surface area contributed by atoms with Crippen molar-refractivity contribution in [2.75, 3.05) is 32.4 Å². The third-order valence-corrected chi connectivity index (χ3v) is 5.20. The van der Waals surface area contributed by atoms with Crippen LogP contribution in [0.5, 0.6) is 23.0 Å². The Labute approximate surface area is 147 Å². The minimum absolute atomic E-state index is 0.201. The van der Waals surface area contributed by atoms with Crippen molar-refractivity contribution in [3.8, 4) is 23.0 Å². The summed E-state index contributed by atoms with van der Waals surface area (Å²) in [5.74, 6) is 2.64. The molecule has 0 saturated carbocycles. The van der Waals surface area contributed by atoms with Gasteiger partial charge in [-0.3, -0.25) is 0 Å².